The van der Waals surface area contributed by atoms with E-state index in [-0.39, 0.29) is 29.8 Å². The Morgan fingerprint density at radius 2 is 1.93 bits per heavy atom. The second kappa shape index (κ2) is 9.05. The zero-order chi connectivity index (χ0) is 21.0. The fourth-order valence-corrected chi connectivity index (χ4v) is 3.36. The van der Waals surface area contributed by atoms with Gasteiger partial charge in [-0.15, -0.1) is 0 Å². The molecule has 2 amide bonds. The molecule has 8 heteroatoms. The Morgan fingerprint density at radius 3 is 2.52 bits per heavy atom. The molecule has 0 saturated carbocycles. The Kier molecular flexibility index (Phi) is 6.49. The Balaban J connectivity index is 1.96. The van der Waals surface area contributed by atoms with E-state index in [0.29, 0.717) is 30.6 Å². The van der Waals surface area contributed by atoms with Gasteiger partial charge in [-0.05, 0) is 49.7 Å². The standard InChI is InChI=1S/C21H20ClFN2O4/c1-2-29-21(28)14-8-10-15(11-9-14)25(13-24-12-4-7-18(24)26)20(27)19-16(22)5-3-6-17(19)23/h3,5-6,8-11H,2,4,7,12-13H2,1H3. The number of hydrogen-bond acceptors (Lipinski definition) is 4. The molecule has 6 nitrogen and oxygen atoms in total. The van der Waals surface area contributed by atoms with Crippen molar-refractivity contribution in [3.8, 4) is 0 Å². The molecule has 0 aliphatic carbocycles. The molecule has 0 unspecified atom stereocenters. The molecule has 2 aromatic rings. The van der Waals surface area contributed by atoms with Crippen molar-refractivity contribution < 1.29 is 23.5 Å². The Morgan fingerprint density at radius 1 is 1.21 bits per heavy atom. The number of hydrogen-bond donors (Lipinski definition) is 0. The van der Waals surface area contributed by atoms with E-state index in [1.807, 2.05) is 0 Å². The summed E-state index contributed by atoms with van der Waals surface area (Å²) in [4.78, 5) is 39.9. The Labute approximate surface area is 172 Å². The van der Waals surface area contributed by atoms with E-state index in [1.165, 1.54) is 34.1 Å². The third-order valence-electron chi connectivity index (χ3n) is 4.60. The fraction of sp³-hybridized carbons (Fsp3) is 0.286. The van der Waals surface area contributed by atoms with Gasteiger partial charge in [-0.1, -0.05) is 17.7 Å². The van der Waals surface area contributed by atoms with Crippen LogP contribution in [0.3, 0.4) is 0 Å². The molecule has 0 atom stereocenters. The van der Waals surface area contributed by atoms with Crippen LogP contribution in [0.1, 0.15) is 40.5 Å². The summed E-state index contributed by atoms with van der Waals surface area (Å²) in [5.41, 5.74) is 0.460. The maximum absolute atomic E-state index is 14.3. The van der Waals surface area contributed by atoms with Crippen molar-refractivity contribution >= 4 is 35.1 Å². The molecule has 152 valence electrons. The van der Waals surface area contributed by atoms with Crippen LogP contribution in [-0.2, 0) is 9.53 Å². The van der Waals surface area contributed by atoms with Crippen LogP contribution in [0.5, 0.6) is 0 Å². The third kappa shape index (κ3) is 4.56. The molecule has 1 fully saturated rings. The molecule has 2 aromatic carbocycles. The average Bonchev–Trinajstić information content (AvgIpc) is 3.11. The summed E-state index contributed by atoms with van der Waals surface area (Å²) in [6.45, 7) is 2.42. The second-order valence-electron chi connectivity index (χ2n) is 6.50. The molecular formula is C21H20ClFN2O4. The third-order valence-corrected chi connectivity index (χ3v) is 4.91. The number of carbonyl (C=O) groups is 3. The number of amides is 2. The van der Waals surface area contributed by atoms with Gasteiger partial charge in [0.05, 0.1) is 22.8 Å². The van der Waals surface area contributed by atoms with E-state index in [1.54, 1.807) is 19.1 Å². The fourth-order valence-electron chi connectivity index (χ4n) is 3.12. The molecule has 3 rings (SSSR count). The van der Waals surface area contributed by atoms with E-state index in [4.69, 9.17) is 16.3 Å². The highest BCUT2D eigenvalue weighted by atomic mass is 35.5. The molecule has 0 spiro atoms. The minimum atomic E-state index is -0.747. The molecule has 0 aromatic heterocycles. The number of anilines is 1. The van der Waals surface area contributed by atoms with Crippen molar-refractivity contribution in [2.24, 2.45) is 0 Å². The molecule has 0 N–H and O–H groups in total. The smallest absolute Gasteiger partial charge is 0.338 e. The summed E-state index contributed by atoms with van der Waals surface area (Å²) < 4.78 is 19.3. The monoisotopic (exact) mass is 418 g/mol. The van der Waals surface area contributed by atoms with E-state index < -0.39 is 17.7 Å². The highest BCUT2D eigenvalue weighted by molar-refractivity contribution is 6.34. The lowest BCUT2D eigenvalue weighted by molar-refractivity contribution is -0.127. The number of ether oxygens (including phenoxy) is 1. The van der Waals surface area contributed by atoms with Gasteiger partial charge < -0.3 is 9.64 Å². The summed E-state index contributed by atoms with van der Waals surface area (Å²) in [5, 5.41) is -0.0177. The van der Waals surface area contributed by atoms with Crippen LogP contribution in [0.15, 0.2) is 42.5 Å². The van der Waals surface area contributed by atoms with Gasteiger partial charge in [-0.2, -0.15) is 0 Å². The molecule has 1 heterocycles. The Hall–Kier alpha value is -2.93. The molecule has 0 radical (unpaired) electrons. The maximum Gasteiger partial charge on any atom is 0.338 e. The number of halogens is 2. The number of carbonyl (C=O) groups excluding carboxylic acids is 3. The van der Waals surface area contributed by atoms with E-state index >= 15 is 0 Å². The predicted molar refractivity (Wildman–Crippen MR) is 106 cm³/mol. The minimum absolute atomic E-state index is 0.0177. The molecule has 1 aliphatic rings. The number of nitrogens with zero attached hydrogens (tertiary/aromatic N) is 2. The van der Waals surface area contributed by atoms with E-state index in [0.717, 1.165) is 6.07 Å². The highest BCUT2D eigenvalue weighted by Gasteiger charge is 2.29. The second-order valence-corrected chi connectivity index (χ2v) is 6.91. The normalized spacial score (nSPS) is 13.5. The van der Waals surface area contributed by atoms with Crippen molar-refractivity contribution in [1.29, 1.82) is 0 Å². The van der Waals surface area contributed by atoms with Crippen LogP contribution < -0.4 is 4.90 Å². The predicted octanol–water partition coefficient (Wildman–Crippen LogP) is 3.88. The topological polar surface area (TPSA) is 66.9 Å². The lowest BCUT2D eigenvalue weighted by Crippen LogP contribution is -2.42. The Bertz CT molecular complexity index is 913. The number of esters is 1. The van der Waals surface area contributed by atoms with Crippen LogP contribution in [0.2, 0.25) is 5.02 Å². The van der Waals surface area contributed by atoms with Crippen molar-refractivity contribution in [2.75, 3.05) is 24.7 Å². The number of benzene rings is 2. The SMILES string of the molecule is CCOC(=O)c1ccc(N(CN2CCCC2=O)C(=O)c2c(F)cccc2Cl)cc1. The van der Waals surface area contributed by atoms with Crippen molar-refractivity contribution in [3.63, 3.8) is 0 Å². The lowest BCUT2D eigenvalue weighted by atomic mass is 10.1. The van der Waals surface area contributed by atoms with Gasteiger partial charge in [0.15, 0.2) is 0 Å². The van der Waals surface area contributed by atoms with Gasteiger partial charge in [-0.3, -0.25) is 14.5 Å². The first-order valence-corrected chi connectivity index (χ1v) is 9.61. The molecule has 1 saturated heterocycles. The molecule has 1 aliphatic heterocycles. The lowest BCUT2D eigenvalue weighted by Gasteiger charge is -2.28. The van der Waals surface area contributed by atoms with Gasteiger partial charge in [0, 0.05) is 18.7 Å². The maximum atomic E-state index is 14.3. The molecular weight excluding hydrogens is 399 g/mol. The van der Waals surface area contributed by atoms with E-state index in [2.05, 4.69) is 0 Å². The first-order valence-electron chi connectivity index (χ1n) is 9.23. The summed E-state index contributed by atoms with van der Waals surface area (Å²) in [7, 11) is 0. The summed E-state index contributed by atoms with van der Waals surface area (Å²) >= 11 is 6.07. The van der Waals surface area contributed by atoms with Crippen LogP contribution >= 0.6 is 11.6 Å². The first-order chi connectivity index (χ1) is 13.9. The average molecular weight is 419 g/mol. The van der Waals surface area contributed by atoms with Crippen LogP contribution in [-0.4, -0.2) is 42.5 Å². The summed E-state index contributed by atoms with van der Waals surface area (Å²) in [6.07, 6.45) is 1.10. The minimum Gasteiger partial charge on any atom is -0.462 e. The number of rotatable bonds is 6. The van der Waals surface area contributed by atoms with Gasteiger partial charge in [0.1, 0.15) is 12.5 Å². The molecule has 29 heavy (non-hydrogen) atoms. The van der Waals surface area contributed by atoms with Crippen LogP contribution in [0.25, 0.3) is 0 Å². The highest BCUT2D eigenvalue weighted by Crippen LogP contribution is 2.26. The number of likely N-dealkylation sites (tertiary alicyclic amines) is 1. The van der Waals surface area contributed by atoms with Crippen LogP contribution in [0, 0.1) is 5.82 Å². The van der Waals surface area contributed by atoms with Crippen LogP contribution in [0.4, 0.5) is 10.1 Å². The van der Waals surface area contributed by atoms with Crippen molar-refractivity contribution in [3.05, 3.63) is 64.4 Å². The first kappa shape index (κ1) is 20.8. The van der Waals surface area contributed by atoms with Crippen molar-refractivity contribution in [1.82, 2.24) is 4.90 Å². The van der Waals surface area contributed by atoms with Crippen molar-refractivity contribution in [2.45, 2.75) is 19.8 Å². The van der Waals surface area contributed by atoms with Gasteiger partial charge in [0.25, 0.3) is 5.91 Å². The zero-order valence-electron chi connectivity index (χ0n) is 15.9. The van der Waals surface area contributed by atoms with Gasteiger partial charge in [-0.25, -0.2) is 9.18 Å². The van der Waals surface area contributed by atoms with E-state index in [9.17, 15) is 18.8 Å². The van der Waals surface area contributed by atoms with Gasteiger partial charge >= 0.3 is 5.97 Å². The molecule has 0 bridgehead atoms. The van der Waals surface area contributed by atoms with Gasteiger partial charge in [0.2, 0.25) is 5.91 Å². The zero-order valence-corrected chi connectivity index (χ0v) is 16.6. The quantitative estimate of drug-likeness (QED) is 0.667. The largest absolute Gasteiger partial charge is 0.462 e. The summed E-state index contributed by atoms with van der Waals surface area (Å²) in [6, 6.07) is 10.1. The summed E-state index contributed by atoms with van der Waals surface area (Å²) in [5.74, 6) is -1.98.